The Kier molecular flexibility index (Phi) is 6.62. The number of rotatable bonds is 4. The van der Waals surface area contributed by atoms with Crippen molar-refractivity contribution in [1.82, 2.24) is 0 Å². The lowest BCUT2D eigenvalue weighted by Crippen LogP contribution is -1.92. The molecule has 0 radical (unpaired) electrons. The van der Waals surface area contributed by atoms with Crippen molar-refractivity contribution in [3.05, 3.63) is 194 Å². The average Bonchev–Trinajstić information content (AvgIpc) is 3.61. The van der Waals surface area contributed by atoms with Gasteiger partial charge in [-0.05, 0) is 106 Å². The van der Waals surface area contributed by atoms with E-state index in [1.807, 2.05) is 6.07 Å². The zero-order chi connectivity index (χ0) is 34.9. The maximum Gasteiger partial charge on any atom is 0.143 e. The molecule has 0 spiro atoms. The molecule has 53 heavy (non-hydrogen) atoms. The lowest BCUT2D eigenvalue weighted by molar-refractivity contribution is 0.670. The Balaban J connectivity index is 1.21. The smallest absolute Gasteiger partial charge is 0.143 e. The Morgan fingerprint density at radius 2 is 0.811 bits per heavy atom. The Labute approximate surface area is 307 Å². The van der Waals surface area contributed by atoms with E-state index in [9.17, 15) is 0 Å². The molecule has 10 aromatic carbocycles. The van der Waals surface area contributed by atoms with Gasteiger partial charge in [-0.2, -0.15) is 0 Å². The SMILES string of the molecule is c1cc(-c2c3ccccc3c(-c3ccc4ccccc4c3)c3cc(-c4cccc5ccccc45)ccc23)cc(-c2cccc3c2oc2ccccc23)c1. The highest BCUT2D eigenvalue weighted by molar-refractivity contribution is 6.23. The van der Waals surface area contributed by atoms with Gasteiger partial charge in [0.05, 0.1) is 0 Å². The molecule has 0 aliphatic heterocycles. The minimum absolute atomic E-state index is 0.911. The first kappa shape index (κ1) is 29.7. The van der Waals surface area contributed by atoms with E-state index in [1.54, 1.807) is 0 Å². The van der Waals surface area contributed by atoms with Gasteiger partial charge >= 0.3 is 0 Å². The second-order valence-electron chi connectivity index (χ2n) is 14.0. The van der Waals surface area contributed by atoms with E-state index in [-0.39, 0.29) is 0 Å². The summed E-state index contributed by atoms with van der Waals surface area (Å²) >= 11 is 0. The monoisotopic (exact) mass is 672 g/mol. The van der Waals surface area contributed by atoms with Gasteiger partial charge in [-0.15, -0.1) is 0 Å². The number of hydrogen-bond donors (Lipinski definition) is 0. The molecule has 11 aromatic rings. The van der Waals surface area contributed by atoms with Crippen molar-refractivity contribution in [1.29, 1.82) is 0 Å². The van der Waals surface area contributed by atoms with Crippen molar-refractivity contribution in [2.75, 3.05) is 0 Å². The van der Waals surface area contributed by atoms with Crippen LogP contribution in [-0.2, 0) is 0 Å². The predicted molar refractivity (Wildman–Crippen MR) is 225 cm³/mol. The highest BCUT2D eigenvalue weighted by Crippen LogP contribution is 2.47. The molecule has 246 valence electrons. The fraction of sp³-hybridized carbons (Fsp3) is 0. The van der Waals surface area contributed by atoms with Gasteiger partial charge in [0.15, 0.2) is 0 Å². The molecule has 11 rings (SSSR count). The van der Waals surface area contributed by atoms with Crippen LogP contribution in [0.25, 0.3) is 110 Å². The van der Waals surface area contributed by atoms with E-state index in [2.05, 4.69) is 188 Å². The molecule has 0 N–H and O–H groups in total. The van der Waals surface area contributed by atoms with Crippen LogP contribution >= 0.6 is 0 Å². The second-order valence-corrected chi connectivity index (χ2v) is 14.0. The van der Waals surface area contributed by atoms with E-state index in [0.29, 0.717) is 0 Å². The number of benzene rings is 10. The average molecular weight is 673 g/mol. The summed E-state index contributed by atoms with van der Waals surface area (Å²) in [6.45, 7) is 0. The van der Waals surface area contributed by atoms with Crippen LogP contribution < -0.4 is 0 Å². The largest absolute Gasteiger partial charge is 0.455 e. The van der Waals surface area contributed by atoms with Crippen molar-refractivity contribution in [3.63, 3.8) is 0 Å². The molecule has 1 nitrogen and oxygen atoms in total. The minimum atomic E-state index is 0.911. The molecular weight excluding hydrogens is 641 g/mol. The molecule has 0 saturated carbocycles. The zero-order valence-electron chi connectivity index (χ0n) is 28.9. The van der Waals surface area contributed by atoms with Crippen LogP contribution in [0.5, 0.6) is 0 Å². The summed E-state index contributed by atoms with van der Waals surface area (Å²) in [6, 6.07) is 70.7. The molecule has 0 unspecified atom stereocenters. The molecule has 1 aromatic heterocycles. The van der Waals surface area contributed by atoms with Crippen LogP contribution in [-0.4, -0.2) is 0 Å². The van der Waals surface area contributed by atoms with Gasteiger partial charge in [-0.3, -0.25) is 0 Å². The van der Waals surface area contributed by atoms with E-state index in [4.69, 9.17) is 4.42 Å². The molecule has 0 atom stereocenters. The third-order valence-corrected chi connectivity index (χ3v) is 11.0. The molecule has 1 heterocycles. The molecule has 0 aliphatic carbocycles. The van der Waals surface area contributed by atoms with Crippen molar-refractivity contribution < 1.29 is 4.42 Å². The maximum absolute atomic E-state index is 6.51. The number of hydrogen-bond acceptors (Lipinski definition) is 1. The summed E-state index contributed by atoms with van der Waals surface area (Å²) in [4.78, 5) is 0. The van der Waals surface area contributed by atoms with Crippen LogP contribution in [0.1, 0.15) is 0 Å². The topological polar surface area (TPSA) is 13.1 Å². The molecule has 0 amide bonds. The first-order chi connectivity index (χ1) is 26.3. The van der Waals surface area contributed by atoms with E-state index in [1.165, 1.54) is 76.5 Å². The van der Waals surface area contributed by atoms with Gasteiger partial charge in [0, 0.05) is 16.3 Å². The van der Waals surface area contributed by atoms with E-state index in [0.717, 1.165) is 33.1 Å². The predicted octanol–water partition coefficient (Wildman–Crippen LogP) is 14.9. The molecule has 0 fully saturated rings. The highest BCUT2D eigenvalue weighted by atomic mass is 16.3. The normalized spacial score (nSPS) is 11.8. The van der Waals surface area contributed by atoms with Crippen LogP contribution in [0.2, 0.25) is 0 Å². The van der Waals surface area contributed by atoms with Crippen LogP contribution in [0, 0.1) is 0 Å². The fourth-order valence-electron chi connectivity index (χ4n) is 8.61. The molecule has 0 bridgehead atoms. The minimum Gasteiger partial charge on any atom is -0.455 e. The van der Waals surface area contributed by atoms with Crippen LogP contribution in [0.3, 0.4) is 0 Å². The fourth-order valence-corrected chi connectivity index (χ4v) is 8.61. The summed E-state index contributed by atoms with van der Waals surface area (Å²) in [5.41, 5.74) is 11.4. The van der Waals surface area contributed by atoms with Crippen molar-refractivity contribution in [2.45, 2.75) is 0 Å². The van der Waals surface area contributed by atoms with Gasteiger partial charge in [0.25, 0.3) is 0 Å². The quantitative estimate of drug-likeness (QED) is 0.170. The number of fused-ring (bicyclic) bond motifs is 7. The Bertz CT molecular complexity index is 3230. The Morgan fingerprint density at radius 3 is 1.68 bits per heavy atom. The standard InChI is InChI=1S/C52H32O/c1-2-14-35-30-39(27-26-33(35)12-1)51-45-21-6-5-20-44(45)50(46-29-28-37(32-48(46)51)41-22-10-15-34-13-3-4-18-40(34)41)38-17-9-16-36(31-38)42-23-11-24-47-43-19-7-8-25-49(43)53-52(42)47/h1-32H. The summed E-state index contributed by atoms with van der Waals surface area (Å²) in [5.74, 6) is 0. The molecular formula is C52H32O. The third-order valence-electron chi connectivity index (χ3n) is 11.0. The summed E-state index contributed by atoms with van der Waals surface area (Å²) in [7, 11) is 0. The van der Waals surface area contributed by atoms with Crippen molar-refractivity contribution in [3.8, 4) is 44.5 Å². The lowest BCUT2D eigenvalue weighted by atomic mass is 9.83. The third kappa shape index (κ3) is 4.71. The van der Waals surface area contributed by atoms with Gasteiger partial charge in [-0.1, -0.05) is 170 Å². The zero-order valence-corrected chi connectivity index (χ0v) is 28.9. The second kappa shape index (κ2) is 11.8. The summed E-state index contributed by atoms with van der Waals surface area (Å²) in [5, 5.41) is 12.2. The van der Waals surface area contributed by atoms with Crippen molar-refractivity contribution >= 4 is 65.0 Å². The summed E-state index contributed by atoms with van der Waals surface area (Å²) < 4.78 is 6.51. The van der Waals surface area contributed by atoms with Gasteiger partial charge < -0.3 is 4.42 Å². The molecule has 0 aliphatic rings. The molecule has 0 saturated heterocycles. The first-order valence-corrected chi connectivity index (χ1v) is 18.3. The van der Waals surface area contributed by atoms with Crippen LogP contribution in [0.4, 0.5) is 0 Å². The number of furan rings is 1. The highest BCUT2D eigenvalue weighted by Gasteiger charge is 2.19. The van der Waals surface area contributed by atoms with Gasteiger partial charge in [-0.25, -0.2) is 0 Å². The van der Waals surface area contributed by atoms with Gasteiger partial charge in [0.2, 0.25) is 0 Å². The Morgan fingerprint density at radius 1 is 0.264 bits per heavy atom. The lowest BCUT2D eigenvalue weighted by Gasteiger charge is -2.20. The van der Waals surface area contributed by atoms with E-state index >= 15 is 0 Å². The first-order valence-electron chi connectivity index (χ1n) is 18.3. The number of para-hydroxylation sites is 2. The van der Waals surface area contributed by atoms with Crippen LogP contribution in [0.15, 0.2) is 199 Å². The molecule has 1 heteroatoms. The van der Waals surface area contributed by atoms with Gasteiger partial charge in [0.1, 0.15) is 11.2 Å². The summed E-state index contributed by atoms with van der Waals surface area (Å²) in [6.07, 6.45) is 0. The Hall–Kier alpha value is -6.96. The maximum atomic E-state index is 6.51. The van der Waals surface area contributed by atoms with Crippen molar-refractivity contribution in [2.24, 2.45) is 0 Å². The van der Waals surface area contributed by atoms with E-state index < -0.39 is 0 Å².